The highest BCUT2D eigenvalue weighted by Crippen LogP contribution is 2.12. The molecule has 0 saturated heterocycles. The zero-order chi connectivity index (χ0) is 14.6. The number of alkyl halides is 1. The van der Waals surface area contributed by atoms with Gasteiger partial charge in [-0.1, -0.05) is 42.5 Å². The summed E-state index contributed by atoms with van der Waals surface area (Å²) in [7, 11) is -3.29. The molecule has 0 aliphatic rings. The Labute approximate surface area is 128 Å². The van der Waals surface area contributed by atoms with E-state index < -0.39 is 9.84 Å². The van der Waals surface area contributed by atoms with Crippen molar-refractivity contribution in [3.8, 4) is 0 Å². The number of hydrogen-bond donors (Lipinski definition) is 1. The molecule has 0 saturated carbocycles. The van der Waals surface area contributed by atoms with Gasteiger partial charge >= 0.3 is 0 Å². The highest BCUT2D eigenvalue weighted by atomic mass is 127. The van der Waals surface area contributed by atoms with E-state index in [9.17, 15) is 13.2 Å². The second kappa shape index (κ2) is 6.69. The molecule has 1 unspecified atom stereocenters. The number of benzene rings is 1. The standard InChI is InChI=1S/C13H18INO3S/c1-9(2)12(8-14)15-13(16)10-5-4-6-11(7-10)19(3,17)18/h4-7,9,12H,8H2,1-3H3,(H,15,16). The lowest BCUT2D eigenvalue weighted by Crippen LogP contribution is -2.39. The Morgan fingerprint density at radius 3 is 2.47 bits per heavy atom. The lowest BCUT2D eigenvalue weighted by molar-refractivity contribution is 0.0932. The third-order valence-corrected chi connectivity index (χ3v) is 4.87. The van der Waals surface area contributed by atoms with Crippen molar-refractivity contribution in [3.63, 3.8) is 0 Å². The Bertz CT molecular complexity index is 555. The molecule has 0 aliphatic heterocycles. The first-order chi connectivity index (χ1) is 8.75. The van der Waals surface area contributed by atoms with Crippen LogP contribution in [0.5, 0.6) is 0 Å². The Hall–Kier alpha value is -0.630. The molecule has 0 aromatic heterocycles. The summed E-state index contributed by atoms with van der Waals surface area (Å²) < 4.78 is 23.7. The van der Waals surface area contributed by atoms with Crippen molar-refractivity contribution in [2.45, 2.75) is 24.8 Å². The Kier molecular flexibility index (Phi) is 5.79. The van der Waals surface area contributed by atoms with Crippen LogP contribution in [0.4, 0.5) is 0 Å². The summed E-state index contributed by atoms with van der Waals surface area (Å²) in [5.41, 5.74) is 0.374. The molecule has 1 aromatic carbocycles. The number of nitrogens with one attached hydrogen (secondary N) is 1. The molecule has 0 heterocycles. The number of halogens is 1. The molecule has 0 aliphatic carbocycles. The zero-order valence-corrected chi connectivity index (χ0v) is 14.2. The maximum absolute atomic E-state index is 12.1. The maximum atomic E-state index is 12.1. The Balaban J connectivity index is 2.95. The second-order valence-corrected chi connectivity index (χ2v) is 7.67. The lowest BCUT2D eigenvalue weighted by Gasteiger charge is -2.20. The molecule has 6 heteroatoms. The molecule has 1 atom stereocenters. The number of carbonyl (C=O) groups excluding carboxylic acids is 1. The fourth-order valence-corrected chi connectivity index (χ4v) is 3.41. The van der Waals surface area contributed by atoms with Gasteiger partial charge in [0.25, 0.3) is 5.91 Å². The Morgan fingerprint density at radius 1 is 1.37 bits per heavy atom. The molecule has 0 bridgehead atoms. The van der Waals surface area contributed by atoms with Crippen LogP contribution in [0.3, 0.4) is 0 Å². The summed E-state index contributed by atoms with van der Waals surface area (Å²) in [4.78, 5) is 12.3. The van der Waals surface area contributed by atoms with E-state index in [0.29, 0.717) is 11.5 Å². The van der Waals surface area contributed by atoms with Gasteiger partial charge in [-0.3, -0.25) is 4.79 Å². The van der Waals surface area contributed by atoms with Gasteiger partial charge in [0.2, 0.25) is 0 Å². The smallest absolute Gasteiger partial charge is 0.251 e. The van der Waals surface area contributed by atoms with Crippen molar-refractivity contribution in [3.05, 3.63) is 29.8 Å². The average molecular weight is 395 g/mol. The van der Waals surface area contributed by atoms with E-state index in [1.54, 1.807) is 12.1 Å². The van der Waals surface area contributed by atoms with E-state index in [1.807, 2.05) is 13.8 Å². The van der Waals surface area contributed by atoms with Crippen LogP contribution in [-0.4, -0.2) is 31.1 Å². The van der Waals surface area contributed by atoms with Gasteiger partial charge in [-0.05, 0) is 24.1 Å². The van der Waals surface area contributed by atoms with E-state index in [1.165, 1.54) is 12.1 Å². The third-order valence-electron chi connectivity index (χ3n) is 2.81. The molecule has 1 N–H and O–H groups in total. The van der Waals surface area contributed by atoms with Crippen LogP contribution in [0, 0.1) is 5.92 Å². The summed E-state index contributed by atoms with van der Waals surface area (Å²) in [6.07, 6.45) is 1.13. The zero-order valence-electron chi connectivity index (χ0n) is 11.2. The number of amides is 1. The summed E-state index contributed by atoms with van der Waals surface area (Å²) >= 11 is 2.23. The van der Waals surface area contributed by atoms with Crippen LogP contribution < -0.4 is 5.32 Å². The van der Waals surface area contributed by atoms with Crippen LogP contribution in [0.2, 0.25) is 0 Å². The first-order valence-electron chi connectivity index (χ1n) is 5.92. The lowest BCUT2D eigenvalue weighted by atomic mass is 10.1. The number of rotatable bonds is 5. The first kappa shape index (κ1) is 16.4. The third kappa shape index (κ3) is 4.76. The SMILES string of the molecule is CC(C)C(CI)NC(=O)c1cccc(S(C)(=O)=O)c1. The first-order valence-corrected chi connectivity index (χ1v) is 9.34. The monoisotopic (exact) mass is 395 g/mol. The van der Waals surface area contributed by atoms with Crippen LogP contribution in [-0.2, 0) is 9.84 Å². The topological polar surface area (TPSA) is 63.2 Å². The summed E-state index contributed by atoms with van der Waals surface area (Å²) in [6.45, 7) is 4.08. The fraction of sp³-hybridized carbons (Fsp3) is 0.462. The van der Waals surface area contributed by atoms with Crippen molar-refractivity contribution < 1.29 is 13.2 Å². The van der Waals surface area contributed by atoms with Crippen molar-refractivity contribution in [2.24, 2.45) is 5.92 Å². The molecule has 1 amide bonds. The minimum Gasteiger partial charge on any atom is -0.348 e. The van der Waals surface area contributed by atoms with Crippen molar-refractivity contribution in [2.75, 3.05) is 10.7 Å². The van der Waals surface area contributed by atoms with E-state index >= 15 is 0 Å². The Morgan fingerprint density at radius 2 is 2.00 bits per heavy atom. The van der Waals surface area contributed by atoms with Gasteiger partial charge in [-0.15, -0.1) is 0 Å². The van der Waals surface area contributed by atoms with Crippen LogP contribution in [0.1, 0.15) is 24.2 Å². The fourth-order valence-electron chi connectivity index (χ4n) is 1.50. The predicted molar refractivity (Wildman–Crippen MR) is 84.5 cm³/mol. The highest BCUT2D eigenvalue weighted by molar-refractivity contribution is 14.1. The van der Waals surface area contributed by atoms with Crippen LogP contribution in [0.25, 0.3) is 0 Å². The molecule has 106 valence electrons. The number of carbonyl (C=O) groups is 1. The molecular formula is C13H18INO3S. The largest absolute Gasteiger partial charge is 0.348 e. The van der Waals surface area contributed by atoms with Crippen LogP contribution >= 0.6 is 22.6 Å². The van der Waals surface area contributed by atoms with Gasteiger partial charge < -0.3 is 5.32 Å². The van der Waals surface area contributed by atoms with Gasteiger partial charge in [-0.25, -0.2) is 8.42 Å². The van der Waals surface area contributed by atoms with Gasteiger partial charge in [0, 0.05) is 22.3 Å². The van der Waals surface area contributed by atoms with E-state index in [0.717, 1.165) is 10.7 Å². The van der Waals surface area contributed by atoms with Crippen molar-refractivity contribution in [1.29, 1.82) is 0 Å². The summed E-state index contributed by atoms with van der Waals surface area (Å²) in [5, 5.41) is 2.92. The highest BCUT2D eigenvalue weighted by Gasteiger charge is 2.17. The molecule has 1 aromatic rings. The molecule has 0 radical (unpaired) electrons. The number of sulfone groups is 1. The van der Waals surface area contributed by atoms with Gasteiger partial charge in [0.05, 0.1) is 4.90 Å². The van der Waals surface area contributed by atoms with Gasteiger partial charge in [0.1, 0.15) is 0 Å². The minimum absolute atomic E-state index is 0.0787. The van der Waals surface area contributed by atoms with Crippen molar-refractivity contribution >= 4 is 38.3 Å². The second-order valence-electron chi connectivity index (χ2n) is 4.78. The van der Waals surface area contributed by atoms with Gasteiger partial charge in [-0.2, -0.15) is 0 Å². The van der Waals surface area contributed by atoms with E-state index in [4.69, 9.17) is 0 Å². The molecule has 19 heavy (non-hydrogen) atoms. The number of hydrogen-bond acceptors (Lipinski definition) is 3. The molecular weight excluding hydrogens is 377 g/mol. The maximum Gasteiger partial charge on any atom is 0.251 e. The molecule has 1 rings (SSSR count). The summed E-state index contributed by atoms with van der Waals surface area (Å²) in [6, 6.07) is 6.18. The van der Waals surface area contributed by atoms with E-state index in [2.05, 4.69) is 27.9 Å². The molecule has 0 fully saturated rings. The molecule has 0 spiro atoms. The molecule has 4 nitrogen and oxygen atoms in total. The quantitative estimate of drug-likeness (QED) is 0.615. The van der Waals surface area contributed by atoms with Gasteiger partial charge in [0.15, 0.2) is 9.84 Å². The minimum atomic E-state index is -3.29. The van der Waals surface area contributed by atoms with Crippen molar-refractivity contribution in [1.82, 2.24) is 5.32 Å². The van der Waals surface area contributed by atoms with Crippen LogP contribution in [0.15, 0.2) is 29.2 Å². The van der Waals surface area contributed by atoms with E-state index in [-0.39, 0.29) is 16.8 Å². The summed E-state index contributed by atoms with van der Waals surface area (Å²) in [5.74, 6) is 0.0970. The average Bonchev–Trinajstić information content (AvgIpc) is 2.34. The normalized spacial score (nSPS) is 13.3. The predicted octanol–water partition coefficient (Wildman–Crippen LogP) is 2.28.